The summed E-state index contributed by atoms with van der Waals surface area (Å²) in [5.74, 6) is -6.27. The van der Waals surface area contributed by atoms with E-state index in [0.29, 0.717) is 32.1 Å². The van der Waals surface area contributed by atoms with Gasteiger partial charge >= 0.3 is 77.6 Å². The number of ether oxygens (including phenoxy) is 14. The van der Waals surface area contributed by atoms with E-state index in [9.17, 15) is 67.6 Å². The minimum absolute atomic E-state index is 0. The zero-order valence-electron chi connectivity index (χ0n) is 57.0. The Morgan fingerprint density at radius 3 is 1.46 bits per heavy atom. The van der Waals surface area contributed by atoms with Crippen LogP contribution in [0.15, 0.2) is 0 Å². The van der Waals surface area contributed by atoms with Crippen molar-refractivity contribution in [1.29, 1.82) is 5.26 Å². The van der Waals surface area contributed by atoms with Crippen LogP contribution in [0, 0.1) is 91.2 Å². The molecule has 0 spiro atoms. The average Bonchev–Trinajstić information content (AvgIpc) is 1.55. The molecule has 28 nitrogen and oxygen atoms in total. The highest BCUT2D eigenvalue weighted by Crippen LogP contribution is 2.63. The second-order valence-electron chi connectivity index (χ2n) is 30.0. The number of carbonyl (C=O) groups excluding carboxylic acids is 13. The Bertz CT molecular complexity index is 3180. The molecule has 7 aliphatic carbocycles. The third-order valence-corrected chi connectivity index (χ3v) is 22.7. The topological polar surface area (TPSA) is 375 Å². The van der Waals surface area contributed by atoms with Gasteiger partial charge < -0.3 is 66.3 Å². The predicted octanol–water partition coefficient (Wildman–Crippen LogP) is 7.09. The van der Waals surface area contributed by atoms with Gasteiger partial charge in [-0.3, -0.25) is 43.2 Å². The van der Waals surface area contributed by atoms with Gasteiger partial charge in [-0.25, -0.2) is 19.2 Å². The molecule has 13 aliphatic rings. The van der Waals surface area contributed by atoms with Crippen molar-refractivity contribution in [2.24, 2.45) is 79.8 Å². The maximum Gasteiger partial charge on any atom is 0.347 e. The van der Waals surface area contributed by atoms with Gasteiger partial charge in [-0.2, -0.15) is 5.26 Å². The maximum absolute atomic E-state index is 12.3. The molecule has 554 valence electrons. The van der Waals surface area contributed by atoms with Crippen LogP contribution < -0.4 is 0 Å². The Balaban J connectivity index is 0.000000206. The summed E-state index contributed by atoms with van der Waals surface area (Å²) in [6.07, 6.45) is 1.18. The molecular weight excluding hydrogens is 1300 g/mol. The molecular formula is C71H103NO27. The van der Waals surface area contributed by atoms with Gasteiger partial charge in [-0.1, -0.05) is 50.0 Å². The zero-order chi connectivity index (χ0) is 70.7. The summed E-state index contributed by atoms with van der Waals surface area (Å²) in [5, 5.41) is 9.25. The van der Waals surface area contributed by atoms with E-state index in [0.717, 1.165) is 32.1 Å². The second-order valence-corrected chi connectivity index (χ2v) is 30.0. The van der Waals surface area contributed by atoms with Crippen LogP contribution in [-0.2, 0) is 129 Å². The normalized spacial score (nSPS) is 34.2. The van der Waals surface area contributed by atoms with Crippen molar-refractivity contribution in [3.05, 3.63) is 0 Å². The summed E-state index contributed by atoms with van der Waals surface area (Å²) in [6.45, 7) is 21.7. The summed E-state index contributed by atoms with van der Waals surface area (Å²) in [7, 11) is 1.24. The van der Waals surface area contributed by atoms with E-state index in [1.165, 1.54) is 14.0 Å². The number of nitriles is 1. The lowest BCUT2D eigenvalue weighted by Gasteiger charge is -2.43. The van der Waals surface area contributed by atoms with Gasteiger partial charge in [0.15, 0.2) is 49.0 Å². The number of fused-ring (bicyclic) bond motifs is 4. The van der Waals surface area contributed by atoms with Gasteiger partial charge in [0.2, 0.25) is 0 Å². The number of methoxy groups -OCH3 is 1. The maximum atomic E-state index is 12.3. The van der Waals surface area contributed by atoms with Crippen molar-refractivity contribution in [2.75, 3.05) is 26.9 Å². The van der Waals surface area contributed by atoms with Crippen LogP contribution in [-0.4, -0.2) is 172 Å². The minimum Gasteiger partial charge on any atom is -0.468 e. The minimum atomic E-state index is -1.28. The van der Waals surface area contributed by atoms with Crippen LogP contribution in [0.1, 0.15) is 189 Å². The Morgan fingerprint density at radius 1 is 0.525 bits per heavy atom. The van der Waals surface area contributed by atoms with E-state index in [1.807, 2.05) is 33.8 Å². The lowest BCUT2D eigenvalue weighted by atomic mass is 9.63. The monoisotopic (exact) mass is 1400 g/mol. The zero-order valence-corrected chi connectivity index (χ0v) is 57.0. The van der Waals surface area contributed by atoms with E-state index in [2.05, 4.69) is 0 Å². The molecule has 28 heteroatoms. The molecule has 0 radical (unpaired) electrons. The van der Waals surface area contributed by atoms with Crippen LogP contribution in [0.4, 0.5) is 0 Å². The molecule has 6 aliphatic heterocycles. The smallest absolute Gasteiger partial charge is 0.347 e. The van der Waals surface area contributed by atoms with Gasteiger partial charge in [0.05, 0.1) is 46.7 Å². The van der Waals surface area contributed by atoms with Gasteiger partial charge in [0.1, 0.15) is 48.8 Å². The van der Waals surface area contributed by atoms with Crippen LogP contribution in [0.3, 0.4) is 0 Å². The lowest BCUT2D eigenvalue weighted by Crippen LogP contribution is -2.50. The summed E-state index contributed by atoms with van der Waals surface area (Å²) in [6, 6.07) is 1.98. The first kappa shape index (κ1) is 80.5. The third kappa shape index (κ3) is 15.0. The molecule has 21 atom stereocenters. The number of rotatable bonds is 21. The number of hydrogen-bond donors (Lipinski definition) is 0. The molecule has 13 rings (SSSR count). The SMILES string of the molecule is C.C.C.CCC(C)(C)C(=O)OC(C)C(=O)OC1C2CC3C(=O)OC1C3C2.CCC(C)(C)C(=O)OCC(=O)OC1C2CC3(C#N)C(=O)OC1C3O2.CCC(C)(C)C(=O)OCC(=O)OC1C2CC3C1OC(=O)C3(C(=O)OC)C2.CCC(C)(C)C(=O)OCC(=O)OC1C2CCC3C(C2)C(=O)OC31. The largest absolute Gasteiger partial charge is 0.468 e. The predicted molar refractivity (Wildman–Crippen MR) is 340 cm³/mol. The molecule has 10 bridgehead atoms. The molecule has 0 amide bonds. The fraction of sp³-hybridized carbons (Fsp3) is 0.803. The van der Waals surface area contributed by atoms with Crippen LogP contribution in [0.25, 0.3) is 0 Å². The van der Waals surface area contributed by atoms with Crippen LogP contribution in [0.5, 0.6) is 0 Å². The highest BCUT2D eigenvalue weighted by Gasteiger charge is 2.76. The lowest BCUT2D eigenvalue weighted by molar-refractivity contribution is -0.180. The van der Waals surface area contributed by atoms with E-state index in [4.69, 9.17) is 66.3 Å². The Kier molecular flexibility index (Phi) is 24.7. The molecule has 13 fully saturated rings. The molecule has 7 saturated carbocycles. The third-order valence-electron chi connectivity index (χ3n) is 22.7. The number of esters is 13. The first-order chi connectivity index (χ1) is 45.0. The number of hydrogen-bond acceptors (Lipinski definition) is 28. The molecule has 6 saturated heterocycles. The van der Waals surface area contributed by atoms with E-state index >= 15 is 0 Å². The summed E-state index contributed by atoms with van der Waals surface area (Å²) < 4.78 is 73.7. The first-order valence-electron chi connectivity index (χ1n) is 33.5. The molecule has 21 unspecified atom stereocenters. The summed E-state index contributed by atoms with van der Waals surface area (Å²) in [5.41, 5.74) is -5.13. The number of carbonyl (C=O) groups is 13. The second kappa shape index (κ2) is 30.4. The van der Waals surface area contributed by atoms with Crippen molar-refractivity contribution < 1.29 is 129 Å². The summed E-state index contributed by atoms with van der Waals surface area (Å²) >= 11 is 0. The Morgan fingerprint density at radius 2 is 0.970 bits per heavy atom. The van der Waals surface area contributed by atoms with E-state index in [1.54, 1.807) is 55.4 Å². The molecule has 99 heavy (non-hydrogen) atoms. The molecule has 0 aromatic rings. The van der Waals surface area contributed by atoms with Crippen LogP contribution in [0.2, 0.25) is 0 Å². The molecule has 0 aromatic carbocycles. The fourth-order valence-electron chi connectivity index (χ4n) is 15.2. The molecule has 0 N–H and O–H groups in total. The summed E-state index contributed by atoms with van der Waals surface area (Å²) in [4.78, 5) is 156. The molecule has 6 heterocycles. The van der Waals surface area contributed by atoms with Crippen molar-refractivity contribution in [2.45, 2.75) is 256 Å². The van der Waals surface area contributed by atoms with Crippen LogP contribution >= 0.6 is 0 Å². The Hall–Kier alpha value is -7.44. The van der Waals surface area contributed by atoms with E-state index < -0.39 is 160 Å². The van der Waals surface area contributed by atoms with Gasteiger partial charge in [0.25, 0.3) is 0 Å². The van der Waals surface area contributed by atoms with Crippen molar-refractivity contribution >= 4 is 77.6 Å². The number of nitrogens with zero attached hydrogens (tertiary/aromatic N) is 1. The average molecular weight is 1400 g/mol. The first-order valence-corrected chi connectivity index (χ1v) is 33.5. The highest BCUT2D eigenvalue weighted by atomic mass is 16.7. The van der Waals surface area contributed by atoms with Crippen molar-refractivity contribution in [1.82, 2.24) is 0 Å². The highest BCUT2D eigenvalue weighted by molar-refractivity contribution is 6.03. The van der Waals surface area contributed by atoms with Gasteiger partial charge in [-0.05, 0) is 133 Å². The fourth-order valence-corrected chi connectivity index (χ4v) is 15.2. The van der Waals surface area contributed by atoms with E-state index in [-0.39, 0.29) is 119 Å². The van der Waals surface area contributed by atoms with Gasteiger partial charge in [0, 0.05) is 41.9 Å². The van der Waals surface area contributed by atoms with Gasteiger partial charge in [-0.15, -0.1) is 0 Å². The van der Waals surface area contributed by atoms with Crippen molar-refractivity contribution in [3.8, 4) is 6.07 Å². The molecule has 0 aromatic heterocycles. The van der Waals surface area contributed by atoms with Crippen molar-refractivity contribution in [3.63, 3.8) is 0 Å². The quantitative estimate of drug-likeness (QED) is 0.0628. The Labute approximate surface area is 578 Å². The standard InChI is InChI=1S/C18H24O8.2C17H24O6.C16H19NO7.3CH4/c1-5-17(2,3)14(20)24-8-11(19)25-12-9-6-10-13(12)26-16(22)18(10,7-9)15(21)23-4;1-5-17(3,4)16(20)21-8(2)14(18)22-12-9-6-10-11(7-9)15(19)23-13(10)12;1-4-17(2,3)16(20)21-8-12(18)22-13-9-5-6-10-11(7-9)15(19)23-14(10)13;1-4-15(2,3)13(19)21-6-9(18)23-10-8-5-16(7-17)12(22-8)11(10)24-14(16)20;;;/h9-10,12-13H,5-8H2,1-4H3;8-13H,5-7H2,1-4H3;9-11,13-14H,4-8H2,1-3H3;8,10-12H,4-6H2,1-3H3;3*1H4.